The molecule has 92 valence electrons. The first-order valence-electron chi connectivity index (χ1n) is 6.33. The summed E-state index contributed by atoms with van der Waals surface area (Å²) in [6.45, 7) is 5.25. The number of hydrogen-bond acceptors (Lipinski definition) is 3. The number of piperidine rings is 1. The molecule has 4 heteroatoms. The molecule has 2 heterocycles. The van der Waals surface area contributed by atoms with Gasteiger partial charge < -0.3 is 15.4 Å². The number of likely N-dealkylation sites (tertiary alicyclic amines) is 1. The maximum absolute atomic E-state index is 12.2. The number of rotatable bonds is 2. The molecule has 0 aromatic heterocycles. The second kappa shape index (κ2) is 5.15. The fourth-order valence-corrected chi connectivity index (χ4v) is 2.68. The van der Waals surface area contributed by atoms with Gasteiger partial charge in [-0.05, 0) is 38.6 Å². The number of ether oxygens (including phenoxy) is 1. The van der Waals surface area contributed by atoms with Crippen LogP contribution in [0.5, 0.6) is 0 Å². The molecule has 2 fully saturated rings. The predicted octanol–water partition coefficient (Wildman–Crippen LogP) is 0.609. The average molecular weight is 226 g/mol. The van der Waals surface area contributed by atoms with Crippen LogP contribution in [0.25, 0.3) is 0 Å². The number of carbonyl (C=O) groups is 1. The summed E-state index contributed by atoms with van der Waals surface area (Å²) in [7, 11) is 0. The first kappa shape index (κ1) is 11.9. The van der Waals surface area contributed by atoms with Crippen molar-refractivity contribution in [3.8, 4) is 0 Å². The van der Waals surface area contributed by atoms with Gasteiger partial charge in [0.05, 0.1) is 12.0 Å². The monoisotopic (exact) mass is 226 g/mol. The molecular weight excluding hydrogens is 204 g/mol. The maximum Gasteiger partial charge on any atom is 0.228 e. The fourth-order valence-electron chi connectivity index (χ4n) is 2.68. The lowest BCUT2D eigenvalue weighted by atomic mass is 9.94. The SMILES string of the molecule is CC1OCCC1C(=O)N1CCC(CN)CC1. The molecule has 0 aromatic rings. The molecule has 16 heavy (non-hydrogen) atoms. The Kier molecular flexibility index (Phi) is 3.82. The Labute approximate surface area is 97.1 Å². The van der Waals surface area contributed by atoms with Crippen LogP contribution in [0.3, 0.4) is 0 Å². The number of carbonyl (C=O) groups excluding carboxylic acids is 1. The number of hydrogen-bond donors (Lipinski definition) is 1. The lowest BCUT2D eigenvalue weighted by molar-refractivity contribution is -0.138. The minimum atomic E-state index is 0.0921. The third-order valence-electron chi connectivity index (χ3n) is 3.95. The number of amides is 1. The summed E-state index contributed by atoms with van der Waals surface area (Å²) in [4.78, 5) is 14.2. The maximum atomic E-state index is 12.2. The number of nitrogens with zero attached hydrogens (tertiary/aromatic N) is 1. The van der Waals surface area contributed by atoms with Gasteiger partial charge in [-0.25, -0.2) is 0 Å². The van der Waals surface area contributed by atoms with Gasteiger partial charge in [0.15, 0.2) is 0 Å². The van der Waals surface area contributed by atoms with Crippen molar-refractivity contribution in [1.29, 1.82) is 0 Å². The summed E-state index contributed by atoms with van der Waals surface area (Å²) in [5.74, 6) is 0.996. The third kappa shape index (κ3) is 2.38. The van der Waals surface area contributed by atoms with Gasteiger partial charge in [-0.15, -0.1) is 0 Å². The first-order chi connectivity index (χ1) is 7.72. The highest BCUT2D eigenvalue weighted by atomic mass is 16.5. The molecule has 2 aliphatic rings. The van der Waals surface area contributed by atoms with Gasteiger partial charge >= 0.3 is 0 Å². The summed E-state index contributed by atoms with van der Waals surface area (Å²) in [6, 6.07) is 0. The molecule has 2 saturated heterocycles. The van der Waals surface area contributed by atoms with Crippen molar-refractivity contribution >= 4 is 5.91 Å². The summed E-state index contributed by atoms with van der Waals surface area (Å²) in [5.41, 5.74) is 5.65. The minimum absolute atomic E-state index is 0.0921. The lowest BCUT2D eigenvalue weighted by Gasteiger charge is -2.33. The molecule has 2 atom stereocenters. The van der Waals surface area contributed by atoms with Crippen LogP contribution < -0.4 is 5.73 Å². The average Bonchev–Trinajstić information content (AvgIpc) is 2.75. The molecule has 0 aliphatic carbocycles. The smallest absolute Gasteiger partial charge is 0.228 e. The second-order valence-electron chi connectivity index (χ2n) is 4.98. The summed E-state index contributed by atoms with van der Waals surface area (Å²) < 4.78 is 5.45. The van der Waals surface area contributed by atoms with E-state index >= 15 is 0 Å². The van der Waals surface area contributed by atoms with Crippen LogP contribution in [-0.4, -0.2) is 43.2 Å². The van der Waals surface area contributed by atoms with Crippen LogP contribution in [0.15, 0.2) is 0 Å². The summed E-state index contributed by atoms with van der Waals surface area (Å²) in [6.07, 6.45) is 3.10. The van der Waals surface area contributed by atoms with Crippen molar-refractivity contribution < 1.29 is 9.53 Å². The van der Waals surface area contributed by atoms with Crippen molar-refractivity contribution in [3.05, 3.63) is 0 Å². The van der Waals surface area contributed by atoms with Crippen molar-refractivity contribution in [1.82, 2.24) is 4.90 Å². The van der Waals surface area contributed by atoms with E-state index in [9.17, 15) is 4.79 Å². The lowest BCUT2D eigenvalue weighted by Crippen LogP contribution is -2.44. The Balaban J connectivity index is 1.86. The Morgan fingerprint density at radius 2 is 2.06 bits per heavy atom. The minimum Gasteiger partial charge on any atom is -0.378 e. The fraction of sp³-hybridized carbons (Fsp3) is 0.917. The highest BCUT2D eigenvalue weighted by Gasteiger charge is 2.34. The van der Waals surface area contributed by atoms with E-state index in [1.807, 2.05) is 11.8 Å². The molecule has 0 aromatic carbocycles. The molecule has 2 unspecified atom stereocenters. The van der Waals surface area contributed by atoms with E-state index in [0.717, 1.165) is 45.5 Å². The standard InChI is InChI=1S/C12H22N2O2/c1-9-11(4-7-16-9)12(15)14-5-2-10(8-13)3-6-14/h9-11H,2-8,13H2,1H3. The zero-order valence-corrected chi connectivity index (χ0v) is 10.0. The van der Waals surface area contributed by atoms with Crippen molar-refractivity contribution in [2.24, 2.45) is 17.6 Å². The van der Waals surface area contributed by atoms with Gasteiger partial charge in [0.2, 0.25) is 5.91 Å². The molecule has 2 rings (SSSR count). The summed E-state index contributed by atoms with van der Waals surface area (Å²) in [5, 5.41) is 0. The molecule has 4 nitrogen and oxygen atoms in total. The van der Waals surface area contributed by atoms with Crippen LogP contribution in [0, 0.1) is 11.8 Å². The largest absolute Gasteiger partial charge is 0.378 e. The Morgan fingerprint density at radius 3 is 2.56 bits per heavy atom. The Hall–Kier alpha value is -0.610. The molecule has 0 radical (unpaired) electrons. The normalized spacial score (nSPS) is 32.0. The third-order valence-corrected chi connectivity index (χ3v) is 3.95. The molecule has 1 amide bonds. The van der Waals surface area contributed by atoms with Gasteiger partial charge in [0.25, 0.3) is 0 Å². The molecular formula is C12H22N2O2. The van der Waals surface area contributed by atoms with E-state index in [1.54, 1.807) is 0 Å². The Morgan fingerprint density at radius 1 is 1.38 bits per heavy atom. The van der Waals surface area contributed by atoms with Gasteiger partial charge in [-0.3, -0.25) is 4.79 Å². The van der Waals surface area contributed by atoms with Crippen molar-refractivity contribution in [2.75, 3.05) is 26.2 Å². The quantitative estimate of drug-likeness (QED) is 0.750. The first-order valence-corrected chi connectivity index (χ1v) is 6.33. The van der Waals surface area contributed by atoms with Gasteiger partial charge in [0, 0.05) is 19.7 Å². The highest BCUT2D eigenvalue weighted by Crippen LogP contribution is 2.25. The van der Waals surface area contributed by atoms with E-state index in [2.05, 4.69) is 0 Å². The highest BCUT2D eigenvalue weighted by molar-refractivity contribution is 5.79. The van der Waals surface area contributed by atoms with Crippen molar-refractivity contribution in [2.45, 2.75) is 32.3 Å². The van der Waals surface area contributed by atoms with E-state index in [1.165, 1.54) is 0 Å². The zero-order chi connectivity index (χ0) is 11.5. The van der Waals surface area contributed by atoms with E-state index < -0.39 is 0 Å². The van der Waals surface area contributed by atoms with Crippen LogP contribution >= 0.6 is 0 Å². The zero-order valence-electron chi connectivity index (χ0n) is 10.0. The molecule has 0 saturated carbocycles. The van der Waals surface area contributed by atoms with Crippen LogP contribution in [0.2, 0.25) is 0 Å². The molecule has 0 bridgehead atoms. The van der Waals surface area contributed by atoms with Gasteiger partial charge in [-0.2, -0.15) is 0 Å². The topological polar surface area (TPSA) is 55.6 Å². The van der Waals surface area contributed by atoms with Crippen LogP contribution in [0.1, 0.15) is 26.2 Å². The second-order valence-corrected chi connectivity index (χ2v) is 4.98. The van der Waals surface area contributed by atoms with E-state index in [0.29, 0.717) is 11.8 Å². The van der Waals surface area contributed by atoms with Crippen LogP contribution in [0.4, 0.5) is 0 Å². The van der Waals surface area contributed by atoms with Gasteiger partial charge in [-0.1, -0.05) is 0 Å². The van der Waals surface area contributed by atoms with Crippen molar-refractivity contribution in [3.63, 3.8) is 0 Å². The molecule has 2 N–H and O–H groups in total. The molecule has 0 spiro atoms. The van der Waals surface area contributed by atoms with E-state index in [4.69, 9.17) is 10.5 Å². The molecule has 2 aliphatic heterocycles. The summed E-state index contributed by atoms with van der Waals surface area (Å²) >= 11 is 0. The van der Waals surface area contributed by atoms with Crippen LogP contribution in [-0.2, 0) is 9.53 Å². The Bertz CT molecular complexity index is 249. The van der Waals surface area contributed by atoms with Gasteiger partial charge in [0.1, 0.15) is 0 Å². The van der Waals surface area contributed by atoms with E-state index in [-0.39, 0.29) is 12.0 Å². The predicted molar refractivity (Wildman–Crippen MR) is 61.9 cm³/mol. The number of nitrogens with two attached hydrogens (primary N) is 1.